The van der Waals surface area contributed by atoms with Gasteiger partial charge in [-0.1, -0.05) is 60.1 Å². The summed E-state index contributed by atoms with van der Waals surface area (Å²) >= 11 is 6.13. The Morgan fingerprint density at radius 3 is 2.17 bits per heavy atom. The van der Waals surface area contributed by atoms with Crippen LogP contribution in [0.25, 0.3) is 0 Å². The van der Waals surface area contributed by atoms with Crippen molar-refractivity contribution in [1.29, 1.82) is 0 Å². The van der Waals surface area contributed by atoms with Crippen molar-refractivity contribution in [3.05, 3.63) is 129 Å². The van der Waals surface area contributed by atoms with Crippen molar-refractivity contribution in [2.45, 2.75) is 50.7 Å². The zero-order valence-electron chi connectivity index (χ0n) is 27.0. The molecule has 0 aliphatic rings. The summed E-state index contributed by atoms with van der Waals surface area (Å²) in [5, 5.41) is 15.1. The summed E-state index contributed by atoms with van der Waals surface area (Å²) in [5.74, 6) is -0.638. The van der Waals surface area contributed by atoms with Crippen molar-refractivity contribution in [2.24, 2.45) is 0 Å². The van der Waals surface area contributed by atoms with Crippen molar-refractivity contribution < 1.29 is 27.7 Å². The third-order valence-electron chi connectivity index (χ3n) is 7.57. The monoisotopic (exact) mass is 692 g/mol. The highest BCUT2D eigenvalue weighted by molar-refractivity contribution is 7.92. The van der Waals surface area contributed by atoms with Crippen LogP contribution in [-0.4, -0.2) is 55.8 Å². The molecule has 252 valence electrons. The van der Waals surface area contributed by atoms with Gasteiger partial charge in [0, 0.05) is 35.7 Å². The van der Waals surface area contributed by atoms with Gasteiger partial charge in [0.1, 0.15) is 18.3 Å². The van der Waals surface area contributed by atoms with Crippen molar-refractivity contribution in [2.75, 3.05) is 18.0 Å². The minimum absolute atomic E-state index is 0.0362. The standard InChI is InChI=1S/C35H37ClN4O7S/c1-24(2)37-35(42)33(20-26-8-6-5-7-9-26)38(22-27-11-13-28(36)14-12-27)34(41)23-39(29-15-17-30(47-4)18-16-29)48(45,46)31-19-10-25(3)32(21-31)40(43)44/h5-19,21,24,33H,20,22-23H2,1-4H3,(H,37,42). The second-order valence-corrected chi connectivity index (χ2v) is 13.7. The smallest absolute Gasteiger partial charge is 0.273 e. The Kier molecular flexibility index (Phi) is 11.8. The van der Waals surface area contributed by atoms with E-state index in [1.807, 2.05) is 44.2 Å². The lowest BCUT2D eigenvalue weighted by atomic mass is 10.0. The predicted molar refractivity (Wildman–Crippen MR) is 185 cm³/mol. The Hall–Kier alpha value is -4.94. The summed E-state index contributed by atoms with van der Waals surface area (Å²) in [7, 11) is -3.09. The fourth-order valence-corrected chi connectivity index (χ4v) is 6.63. The molecule has 11 nitrogen and oxygen atoms in total. The number of nitro benzene ring substituents is 1. The summed E-state index contributed by atoms with van der Waals surface area (Å²) < 4.78 is 34.7. The van der Waals surface area contributed by atoms with Crippen molar-refractivity contribution in [3.8, 4) is 5.75 Å². The summed E-state index contributed by atoms with van der Waals surface area (Å²) in [5.41, 5.74) is 1.47. The molecule has 0 spiro atoms. The number of benzene rings is 4. The molecule has 1 N–H and O–H groups in total. The number of anilines is 1. The van der Waals surface area contributed by atoms with Crippen LogP contribution in [0.3, 0.4) is 0 Å². The molecule has 0 aliphatic heterocycles. The average molecular weight is 693 g/mol. The number of carbonyl (C=O) groups is 2. The Labute approximate surface area is 285 Å². The third kappa shape index (κ3) is 8.90. The van der Waals surface area contributed by atoms with Gasteiger partial charge in [0.25, 0.3) is 15.7 Å². The molecule has 13 heteroatoms. The van der Waals surface area contributed by atoms with Crippen molar-refractivity contribution in [1.82, 2.24) is 10.2 Å². The first-order valence-electron chi connectivity index (χ1n) is 15.1. The summed E-state index contributed by atoms with van der Waals surface area (Å²) in [6, 6.07) is 24.3. The number of carbonyl (C=O) groups excluding carboxylic acids is 2. The Morgan fingerprint density at radius 1 is 0.938 bits per heavy atom. The van der Waals surface area contributed by atoms with Gasteiger partial charge in [-0.15, -0.1) is 0 Å². The van der Waals surface area contributed by atoms with Gasteiger partial charge < -0.3 is 15.0 Å². The number of halogens is 1. The molecule has 1 unspecified atom stereocenters. The summed E-state index contributed by atoms with van der Waals surface area (Å²) in [6.45, 7) is 4.36. The molecule has 48 heavy (non-hydrogen) atoms. The van der Waals surface area contributed by atoms with Crippen LogP contribution in [0.4, 0.5) is 11.4 Å². The Morgan fingerprint density at radius 2 is 1.58 bits per heavy atom. The number of hydrogen-bond donors (Lipinski definition) is 1. The molecule has 4 aromatic rings. The molecule has 0 aliphatic carbocycles. The number of nitrogens with zero attached hydrogens (tertiary/aromatic N) is 3. The minimum Gasteiger partial charge on any atom is -0.497 e. The molecular formula is C35H37ClN4O7S. The van der Waals surface area contributed by atoms with Gasteiger partial charge in [-0.3, -0.25) is 24.0 Å². The summed E-state index contributed by atoms with van der Waals surface area (Å²) in [6.07, 6.45) is 0.151. The maximum Gasteiger partial charge on any atom is 0.273 e. The number of nitrogens with one attached hydrogen (secondary N) is 1. The van der Waals surface area contributed by atoms with E-state index in [-0.39, 0.29) is 40.8 Å². The number of methoxy groups -OCH3 is 1. The van der Waals surface area contributed by atoms with Crippen LogP contribution < -0.4 is 14.4 Å². The van der Waals surface area contributed by atoms with Crippen LogP contribution in [-0.2, 0) is 32.6 Å². The van der Waals surface area contributed by atoms with E-state index in [4.69, 9.17) is 16.3 Å². The van der Waals surface area contributed by atoms with E-state index in [1.165, 1.54) is 43.2 Å². The fraction of sp³-hybridized carbons (Fsp3) is 0.257. The van der Waals surface area contributed by atoms with Crippen LogP contribution in [0.5, 0.6) is 5.75 Å². The third-order valence-corrected chi connectivity index (χ3v) is 9.59. The number of nitro groups is 1. The minimum atomic E-state index is -4.55. The number of amides is 2. The molecule has 0 heterocycles. The van der Waals surface area contributed by atoms with Crippen molar-refractivity contribution >= 4 is 44.8 Å². The lowest BCUT2D eigenvalue weighted by molar-refractivity contribution is -0.385. The van der Waals surface area contributed by atoms with Crippen LogP contribution >= 0.6 is 11.6 Å². The van der Waals surface area contributed by atoms with Crippen LogP contribution in [0, 0.1) is 17.0 Å². The molecule has 0 saturated carbocycles. The lowest BCUT2D eigenvalue weighted by Crippen LogP contribution is -2.54. The van der Waals surface area contributed by atoms with Crippen molar-refractivity contribution in [3.63, 3.8) is 0 Å². The van der Waals surface area contributed by atoms with Gasteiger partial charge in [0.05, 0.1) is 22.6 Å². The van der Waals surface area contributed by atoms with E-state index >= 15 is 0 Å². The molecule has 0 aromatic heterocycles. The van der Waals surface area contributed by atoms with Gasteiger partial charge in [-0.2, -0.15) is 0 Å². The highest BCUT2D eigenvalue weighted by Crippen LogP contribution is 2.30. The second kappa shape index (κ2) is 15.8. The Balaban J connectivity index is 1.84. The SMILES string of the molecule is COc1ccc(N(CC(=O)N(Cc2ccc(Cl)cc2)C(Cc2ccccc2)C(=O)NC(C)C)S(=O)(=O)c2ccc(C)c([N+](=O)[O-])c2)cc1. The van der Waals surface area contributed by atoms with Gasteiger partial charge in [0.15, 0.2) is 0 Å². The second-order valence-electron chi connectivity index (χ2n) is 11.4. The number of hydrogen-bond acceptors (Lipinski definition) is 7. The molecule has 1 atom stereocenters. The number of aryl methyl sites for hydroxylation is 1. The molecular weight excluding hydrogens is 656 g/mol. The number of rotatable bonds is 14. The first-order valence-corrected chi connectivity index (χ1v) is 16.9. The van der Waals surface area contributed by atoms with E-state index in [9.17, 15) is 28.1 Å². The van der Waals surface area contributed by atoms with E-state index in [0.29, 0.717) is 16.3 Å². The molecule has 0 radical (unpaired) electrons. The van der Waals surface area contributed by atoms with Gasteiger partial charge in [-0.25, -0.2) is 8.42 Å². The molecule has 0 saturated heterocycles. The highest BCUT2D eigenvalue weighted by atomic mass is 35.5. The van der Waals surface area contributed by atoms with E-state index in [2.05, 4.69) is 5.32 Å². The maximum absolute atomic E-state index is 14.5. The largest absolute Gasteiger partial charge is 0.497 e. The van der Waals surface area contributed by atoms with Gasteiger partial charge in [0.2, 0.25) is 11.8 Å². The molecule has 4 rings (SSSR count). The maximum atomic E-state index is 14.5. The normalized spacial score (nSPS) is 11.9. The van der Waals surface area contributed by atoms with Crippen LogP contribution in [0.1, 0.15) is 30.5 Å². The van der Waals surface area contributed by atoms with Crippen LogP contribution in [0.2, 0.25) is 5.02 Å². The van der Waals surface area contributed by atoms with Gasteiger partial charge >= 0.3 is 0 Å². The fourth-order valence-electron chi connectivity index (χ4n) is 5.07. The number of ether oxygens (including phenoxy) is 1. The first-order chi connectivity index (χ1) is 22.8. The zero-order chi connectivity index (χ0) is 35.0. The van der Waals surface area contributed by atoms with E-state index < -0.39 is 39.3 Å². The zero-order valence-corrected chi connectivity index (χ0v) is 28.6. The van der Waals surface area contributed by atoms with E-state index in [1.54, 1.807) is 36.4 Å². The number of sulfonamides is 1. The predicted octanol–water partition coefficient (Wildman–Crippen LogP) is 5.93. The molecule has 2 amide bonds. The quantitative estimate of drug-likeness (QED) is 0.128. The molecule has 0 bridgehead atoms. The highest BCUT2D eigenvalue weighted by Gasteiger charge is 2.35. The average Bonchev–Trinajstić information content (AvgIpc) is 3.06. The van der Waals surface area contributed by atoms with Gasteiger partial charge in [-0.05, 0) is 74.4 Å². The lowest BCUT2D eigenvalue weighted by Gasteiger charge is -2.34. The summed E-state index contributed by atoms with van der Waals surface area (Å²) in [4.78, 5) is 40.4. The molecule has 0 fully saturated rings. The van der Waals surface area contributed by atoms with Crippen LogP contribution in [0.15, 0.2) is 102 Å². The van der Waals surface area contributed by atoms with E-state index in [0.717, 1.165) is 15.9 Å². The topological polar surface area (TPSA) is 139 Å². The molecule has 4 aromatic carbocycles. The Bertz CT molecular complexity index is 1850. The first kappa shape index (κ1) is 35.9.